The van der Waals surface area contributed by atoms with Gasteiger partial charge in [0.2, 0.25) is 5.91 Å². The zero-order valence-corrected chi connectivity index (χ0v) is 13.9. The Labute approximate surface area is 136 Å². The van der Waals surface area contributed by atoms with Gasteiger partial charge in [-0.15, -0.1) is 0 Å². The smallest absolute Gasteiger partial charge is 0.241 e. The number of rotatable bonds is 6. The van der Waals surface area contributed by atoms with Gasteiger partial charge in [0.05, 0.1) is 6.54 Å². The number of benzene rings is 1. The van der Waals surface area contributed by atoms with Crippen molar-refractivity contribution in [1.82, 2.24) is 16.0 Å². The van der Waals surface area contributed by atoms with E-state index in [2.05, 4.69) is 20.9 Å². The number of aliphatic imine (C=N–C) groups is 1. The summed E-state index contributed by atoms with van der Waals surface area (Å²) in [5.41, 5.74) is 2.00. The minimum atomic E-state index is -0.0929. The highest BCUT2D eigenvalue weighted by atomic mass is 16.3. The number of fused-ring (bicyclic) bond motifs is 1. The second-order valence-electron chi connectivity index (χ2n) is 5.15. The Balaban J connectivity index is 2.03. The van der Waals surface area contributed by atoms with Crippen LogP contribution in [-0.4, -0.2) is 31.5 Å². The molecule has 0 aliphatic heterocycles. The van der Waals surface area contributed by atoms with Crippen LogP contribution in [0.15, 0.2) is 33.7 Å². The van der Waals surface area contributed by atoms with Crippen LogP contribution in [0.25, 0.3) is 11.0 Å². The number of guanidine groups is 1. The van der Waals surface area contributed by atoms with Crippen molar-refractivity contribution in [3.05, 3.63) is 35.6 Å². The summed E-state index contributed by atoms with van der Waals surface area (Å²) in [6.45, 7) is 7.85. The molecule has 23 heavy (non-hydrogen) atoms. The average molecular weight is 316 g/mol. The van der Waals surface area contributed by atoms with Gasteiger partial charge in [0.1, 0.15) is 17.9 Å². The Morgan fingerprint density at radius 3 is 2.57 bits per heavy atom. The molecular weight excluding hydrogens is 292 g/mol. The Bertz CT molecular complexity index is 691. The maximum Gasteiger partial charge on any atom is 0.241 e. The third-order valence-corrected chi connectivity index (χ3v) is 3.46. The minimum absolute atomic E-state index is 0.0929. The predicted molar refractivity (Wildman–Crippen MR) is 92.5 cm³/mol. The Morgan fingerprint density at radius 1 is 1.13 bits per heavy atom. The van der Waals surface area contributed by atoms with E-state index in [1.54, 1.807) is 0 Å². The summed E-state index contributed by atoms with van der Waals surface area (Å²) in [5.74, 6) is 1.37. The fourth-order valence-electron chi connectivity index (χ4n) is 2.30. The molecule has 124 valence electrons. The van der Waals surface area contributed by atoms with E-state index in [1.165, 1.54) is 0 Å². The molecule has 1 aromatic carbocycles. The maximum atomic E-state index is 11.5. The van der Waals surface area contributed by atoms with Crippen molar-refractivity contribution in [2.45, 2.75) is 27.3 Å². The fourth-order valence-corrected chi connectivity index (χ4v) is 2.30. The molecule has 0 aliphatic rings. The number of amides is 1. The van der Waals surface area contributed by atoms with Gasteiger partial charge in [-0.3, -0.25) is 4.79 Å². The van der Waals surface area contributed by atoms with Gasteiger partial charge < -0.3 is 20.4 Å². The molecule has 2 aromatic rings. The van der Waals surface area contributed by atoms with E-state index >= 15 is 0 Å². The van der Waals surface area contributed by atoms with Gasteiger partial charge >= 0.3 is 0 Å². The molecule has 0 spiro atoms. The van der Waals surface area contributed by atoms with E-state index in [1.807, 2.05) is 45.0 Å². The summed E-state index contributed by atoms with van der Waals surface area (Å²) < 4.78 is 5.87. The number of nitrogens with one attached hydrogen (secondary N) is 3. The maximum absolute atomic E-state index is 11.5. The highest BCUT2D eigenvalue weighted by Crippen LogP contribution is 2.24. The fraction of sp³-hybridized carbons (Fsp3) is 0.412. The zero-order valence-electron chi connectivity index (χ0n) is 13.9. The van der Waals surface area contributed by atoms with Crippen molar-refractivity contribution < 1.29 is 9.21 Å². The first kappa shape index (κ1) is 16.9. The lowest BCUT2D eigenvalue weighted by Gasteiger charge is -2.10. The molecule has 0 saturated heterocycles. The van der Waals surface area contributed by atoms with Crippen molar-refractivity contribution in [1.29, 1.82) is 0 Å². The van der Waals surface area contributed by atoms with Gasteiger partial charge in [-0.1, -0.05) is 18.2 Å². The number of likely N-dealkylation sites (N-methyl/N-ethyl adjacent to an activating group) is 1. The number of furan rings is 1. The lowest BCUT2D eigenvalue weighted by molar-refractivity contribution is -0.119. The Kier molecular flexibility index (Phi) is 6.02. The third-order valence-electron chi connectivity index (χ3n) is 3.46. The molecule has 0 aliphatic carbocycles. The summed E-state index contributed by atoms with van der Waals surface area (Å²) in [6, 6.07) is 7.96. The molecule has 0 unspecified atom stereocenters. The number of aryl methyl sites for hydroxylation is 1. The molecule has 0 saturated carbocycles. The molecule has 0 atom stereocenters. The molecule has 1 amide bonds. The van der Waals surface area contributed by atoms with Crippen LogP contribution < -0.4 is 16.0 Å². The van der Waals surface area contributed by atoms with E-state index in [9.17, 15) is 4.79 Å². The summed E-state index contributed by atoms with van der Waals surface area (Å²) >= 11 is 0. The van der Waals surface area contributed by atoms with Crippen molar-refractivity contribution >= 4 is 22.8 Å². The Morgan fingerprint density at radius 2 is 1.87 bits per heavy atom. The molecule has 3 N–H and O–H groups in total. The normalized spacial score (nSPS) is 11.5. The van der Waals surface area contributed by atoms with Gasteiger partial charge in [-0.2, -0.15) is 0 Å². The van der Waals surface area contributed by atoms with Crippen LogP contribution >= 0.6 is 0 Å². The molecule has 0 fully saturated rings. The van der Waals surface area contributed by atoms with Crippen LogP contribution in [0.3, 0.4) is 0 Å². The number of nitrogens with zero attached hydrogens (tertiary/aromatic N) is 1. The zero-order chi connectivity index (χ0) is 16.7. The van der Waals surface area contributed by atoms with E-state index in [0.717, 1.165) is 28.8 Å². The third kappa shape index (κ3) is 4.48. The van der Waals surface area contributed by atoms with E-state index in [-0.39, 0.29) is 12.5 Å². The lowest BCUT2D eigenvalue weighted by Crippen LogP contribution is -2.38. The van der Waals surface area contributed by atoms with Gasteiger partial charge in [0.15, 0.2) is 5.96 Å². The Hall–Kier alpha value is -2.50. The highest BCUT2D eigenvalue weighted by Gasteiger charge is 2.10. The van der Waals surface area contributed by atoms with Crippen LogP contribution in [0.2, 0.25) is 0 Å². The molecule has 6 heteroatoms. The van der Waals surface area contributed by atoms with Crippen LogP contribution in [0.4, 0.5) is 0 Å². The van der Waals surface area contributed by atoms with Gasteiger partial charge in [0, 0.05) is 24.0 Å². The first-order valence-corrected chi connectivity index (χ1v) is 7.91. The first-order chi connectivity index (χ1) is 11.2. The number of para-hydroxylation sites is 1. The molecule has 0 radical (unpaired) electrons. The van der Waals surface area contributed by atoms with Crippen LogP contribution in [0, 0.1) is 6.92 Å². The minimum Gasteiger partial charge on any atom is -0.459 e. The lowest BCUT2D eigenvalue weighted by atomic mass is 10.1. The van der Waals surface area contributed by atoms with Crippen molar-refractivity contribution in [3.63, 3.8) is 0 Å². The second kappa shape index (κ2) is 8.22. The average Bonchev–Trinajstić information content (AvgIpc) is 2.87. The molecular formula is C17H24N4O2. The van der Waals surface area contributed by atoms with Crippen molar-refractivity contribution in [2.75, 3.05) is 19.6 Å². The monoisotopic (exact) mass is 316 g/mol. The highest BCUT2D eigenvalue weighted by molar-refractivity contribution is 5.85. The standard InChI is InChI=1S/C17H24N4O2/c1-4-18-16(22)11-21-17(19-5-2)20-10-15-12(3)13-8-6-7-9-14(13)23-15/h6-9H,4-5,10-11H2,1-3H3,(H,18,22)(H2,19,20,21). The molecule has 6 nitrogen and oxygen atoms in total. The summed E-state index contributed by atoms with van der Waals surface area (Å²) in [7, 11) is 0. The number of hydrogen-bond donors (Lipinski definition) is 3. The first-order valence-electron chi connectivity index (χ1n) is 7.91. The number of carbonyl (C=O) groups excluding carboxylic acids is 1. The second-order valence-corrected chi connectivity index (χ2v) is 5.15. The van der Waals surface area contributed by atoms with Gasteiger partial charge in [-0.25, -0.2) is 4.99 Å². The summed E-state index contributed by atoms with van der Waals surface area (Å²) in [5, 5.41) is 10.2. The SMILES string of the molecule is CCNC(=O)CN=C(NCC)NCc1oc2ccccc2c1C. The van der Waals surface area contributed by atoms with Crippen molar-refractivity contribution in [2.24, 2.45) is 4.99 Å². The number of hydrogen-bond acceptors (Lipinski definition) is 3. The van der Waals surface area contributed by atoms with E-state index in [4.69, 9.17) is 4.42 Å². The van der Waals surface area contributed by atoms with Crippen LogP contribution in [0.1, 0.15) is 25.2 Å². The van der Waals surface area contributed by atoms with E-state index < -0.39 is 0 Å². The molecule has 1 heterocycles. The number of carbonyl (C=O) groups is 1. The van der Waals surface area contributed by atoms with Crippen molar-refractivity contribution in [3.8, 4) is 0 Å². The van der Waals surface area contributed by atoms with E-state index in [0.29, 0.717) is 19.0 Å². The van der Waals surface area contributed by atoms with Crippen LogP contribution in [0.5, 0.6) is 0 Å². The topological polar surface area (TPSA) is 78.7 Å². The molecule has 2 rings (SSSR count). The molecule has 1 aromatic heterocycles. The van der Waals surface area contributed by atoms with Gasteiger partial charge in [0.25, 0.3) is 0 Å². The van der Waals surface area contributed by atoms with Gasteiger partial charge in [-0.05, 0) is 26.8 Å². The molecule has 0 bridgehead atoms. The summed E-state index contributed by atoms with van der Waals surface area (Å²) in [6.07, 6.45) is 0. The largest absolute Gasteiger partial charge is 0.459 e. The predicted octanol–water partition coefficient (Wildman–Crippen LogP) is 1.93. The summed E-state index contributed by atoms with van der Waals surface area (Å²) in [4.78, 5) is 15.8. The van der Waals surface area contributed by atoms with Crippen LogP contribution in [-0.2, 0) is 11.3 Å². The quantitative estimate of drug-likeness (QED) is 0.562.